The van der Waals surface area contributed by atoms with Gasteiger partial charge >= 0.3 is 6.03 Å². The Balaban J connectivity index is 1.89. The van der Waals surface area contributed by atoms with Crippen molar-refractivity contribution in [2.75, 3.05) is 12.4 Å². The number of fused-ring (bicyclic) bond motifs is 1. The Kier molecular flexibility index (Phi) is 3.64. The number of hydrogen-bond acceptors (Lipinski definition) is 2. The SMILES string of the molecule is CCc1ccc(C(Cl)c2ccc3c(c2)CN(C)C(=O)N3)o1. The van der Waals surface area contributed by atoms with Crippen LogP contribution in [0.25, 0.3) is 0 Å². The van der Waals surface area contributed by atoms with E-state index in [-0.39, 0.29) is 11.4 Å². The van der Waals surface area contributed by atoms with Crippen molar-refractivity contribution in [3.05, 3.63) is 53.0 Å². The number of benzene rings is 1. The zero-order chi connectivity index (χ0) is 15.0. The van der Waals surface area contributed by atoms with Gasteiger partial charge < -0.3 is 14.6 Å². The number of hydrogen-bond donors (Lipinski definition) is 1. The molecule has 1 unspecified atom stereocenters. The lowest BCUT2D eigenvalue weighted by molar-refractivity contribution is 0.218. The van der Waals surface area contributed by atoms with Crippen LogP contribution in [0.2, 0.25) is 0 Å². The van der Waals surface area contributed by atoms with Crippen LogP contribution in [-0.2, 0) is 13.0 Å². The number of furan rings is 1. The summed E-state index contributed by atoms with van der Waals surface area (Å²) in [5, 5.41) is 2.53. The maximum atomic E-state index is 11.6. The second kappa shape index (κ2) is 5.45. The maximum Gasteiger partial charge on any atom is 0.321 e. The van der Waals surface area contributed by atoms with Gasteiger partial charge in [0.2, 0.25) is 0 Å². The smallest absolute Gasteiger partial charge is 0.321 e. The van der Waals surface area contributed by atoms with Gasteiger partial charge in [-0.3, -0.25) is 0 Å². The van der Waals surface area contributed by atoms with Crippen molar-refractivity contribution in [1.82, 2.24) is 4.90 Å². The lowest BCUT2D eigenvalue weighted by atomic mass is 10.0. The largest absolute Gasteiger partial charge is 0.464 e. The third kappa shape index (κ3) is 2.63. The first-order valence-corrected chi connectivity index (χ1v) is 7.39. The normalized spacial score (nSPS) is 15.6. The van der Waals surface area contributed by atoms with Crippen LogP contribution in [0.4, 0.5) is 10.5 Å². The van der Waals surface area contributed by atoms with Crippen LogP contribution in [0, 0.1) is 0 Å². The Morgan fingerprint density at radius 2 is 2.19 bits per heavy atom. The molecule has 1 aliphatic rings. The number of anilines is 1. The molecule has 3 rings (SSSR count). The number of nitrogens with one attached hydrogen (secondary N) is 1. The molecule has 0 spiro atoms. The van der Waals surface area contributed by atoms with Crippen LogP contribution in [0.15, 0.2) is 34.7 Å². The van der Waals surface area contributed by atoms with Crippen LogP contribution in [0.3, 0.4) is 0 Å². The number of carbonyl (C=O) groups is 1. The van der Waals surface area contributed by atoms with Crippen LogP contribution < -0.4 is 5.32 Å². The van der Waals surface area contributed by atoms with Crippen molar-refractivity contribution in [1.29, 1.82) is 0 Å². The Hall–Kier alpha value is -1.94. The Bertz CT molecular complexity index is 681. The fourth-order valence-corrected chi connectivity index (χ4v) is 2.70. The molecule has 4 nitrogen and oxygen atoms in total. The lowest BCUT2D eigenvalue weighted by Gasteiger charge is -2.26. The number of carbonyl (C=O) groups excluding carboxylic acids is 1. The van der Waals surface area contributed by atoms with Crippen LogP contribution in [0.1, 0.15) is 34.9 Å². The predicted molar refractivity (Wildman–Crippen MR) is 82.7 cm³/mol. The molecule has 1 aromatic carbocycles. The fraction of sp³-hybridized carbons (Fsp3) is 0.312. The minimum Gasteiger partial charge on any atom is -0.464 e. The summed E-state index contributed by atoms with van der Waals surface area (Å²) in [6.45, 7) is 2.63. The Labute approximate surface area is 128 Å². The molecule has 1 atom stereocenters. The molecule has 0 saturated carbocycles. The van der Waals surface area contributed by atoms with Crippen LogP contribution in [0.5, 0.6) is 0 Å². The zero-order valence-electron chi connectivity index (χ0n) is 12.0. The first-order chi connectivity index (χ1) is 10.1. The molecule has 0 aliphatic carbocycles. The van der Waals surface area contributed by atoms with E-state index in [1.165, 1.54) is 0 Å². The molecule has 21 heavy (non-hydrogen) atoms. The van der Waals surface area contributed by atoms with E-state index in [2.05, 4.69) is 5.32 Å². The first-order valence-electron chi connectivity index (χ1n) is 6.96. The van der Waals surface area contributed by atoms with Gasteiger partial charge in [-0.25, -0.2) is 4.79 Å². The molecule has 0 saturated heterocycles. The second-order valence-corrected chi connectivity index (χ2v) is 5.66. The summed E-state index contributed by atoms with van der Waals surface area (Å²) in [5.74, 6) is 1.68. The Morgan fingerprint density at radius 3 is 2.90 bits per heavy atom. The third-order valence-corrected chi connectivity index (χ3v) is 4.17. The van der Waals surface area contributed by atoms with Gasteiger partial charge in [0.25, 0.3) is 0 Å². The van der Waals surface area contributed by atoms with Gasteiger partial charge in [-0.05, 0) is 35.4 Å². The van der Waals surface area contributed by atoms with E-state index in [0.29, 0.717) is 6.54 Å². The molecule has 5 heteroatoms. The van der Waals surface area contributed by atoms with Gasteiger partial charge in [0, 0.05) is 25.7 Å². The standard InChI is InChI=1S/C16H17ClN2O2/c1-3-12-5-7-14(21-12)15(17)10-4-6-13-11(8-10)9-19(2)16(20)18-13/h4-8,15H,3,9H2,1-2H3,(H,18,20). The topological polar surface area (TPSA) is 45.5 Å². The summed E-state index contributed by atoms with van der Waals surface area (Å²) in [4.78, 5) is 13.2. The first kappa shape index (κ1) is 14.0. The number of halogens is 1. The molecule has 110 valence electrons. The molecule has 2 amide bonds. The molecule has 1 aliphatic heterocycles. The molecular formula is C16H17ClN2O2. The zero-order valence-corrected chi connectivity index (χ0v) is 12.8. The summed E-state index contributed by atoms with van der Waals surface area (Å²) in [6.07, 6.45) is 0.852. The average Bonchev–Trinajstić information content (AvgIpc) is 2.96. The molecule has 0 radical (unpaired) electrons. The van der Waals surface area contributed by atoms with Gasteiger partial charge in [-0.1, -0.05) is 13.0 Å². The van der Waals surface area contributed by atoms with E-state index in [1.807, 2.05) is 37.3 Å². The van der Waals surface area contributed by atoms with Crippen LogP contribution in [-0.4, -0.2) is 18.0 Å². The molecule has 1 N–H and O–H groups in total. The minimum atomic E-state index is -0.321. The van der Waals surface area contributed by atoms with Crippen molar-refractivity contribution in [2.45, 2.75) is 25.3 Å². The van der Waals surface area contributed by atoms with Gasteiger partial charge in [-0.15, -0.1) is 11.6 Å². The van der Waals surface area contributed by atoms with Crippen molar-refractivity contribution in [3.8, 4) is 0 Å². The van der Waals surface area contributed by atoms with E-state index < -0.39 is 0 Å². The molecular weight excluding hydrogens is 288 g/mol. The van der Waals surface area contributed by atoms with Gasteiger partial charge in [0.05, 0.1) is 0 Å². The van der Waals surface area contributed by atoms with E-state index >= 15 is 0 Å². The average molecular weight is 305 g/mol. The number of nitrogens with zero attached hydrogens (tertiary/aromatic N) is 1. The van der Waals surface area contributed by atoms with E-state index in [0.717, 1.165) is 34.8 Å². The molecule has 2 aromatic rings. The quantitative estimate of drug-likeness (QED) is 0.866. The van der Waals surface area contributed by atoms with Gasteiger partial charge in [0.1, 0.15) is 16.9 Å². The molecule has 0 bridgehead atoms. The number of urea groups is 1. The summed E-state index contributed by atoms with van der Waals surface area (Å²) in [6, 6.07) is 9.64. The van der Waals surface area contributed by atoms with Crippen LogP contribution >= 0.6 is 11.6 Å². The summed E-state index contributed by atoms with van der Waals surface area (Å²) in [7, 11) is 1.77. The van der Waals surface area contributed by atoms with Crippen molar-refractivity contribution in [2.24, 2.45) is 0 Å². The van der Waals surface area contributed by atoms with E-state index in [4.69, 9.17) is 16.0 Å². The highest BCUT2D eigenvalue weighted by atomic mass is 35.5. The maximum absolute atomic E-state index is 11.6. The van der Waals surface area contributed by atoms with Gasteiger partial charge in [-0.2, -0.15) is 0 Å². The third-order valence-electron chi connectivity index (χ3n) is 3.70. The monoisotopic (exact) mass is 304 g/mol. The molecule has 0 fully saturated rings. The Morgan fingerprint density at radius 1 is 1.38 bits per heavy atom. The summed E-state index contributed by atoms with van der Waals surface area (Å²) >= 11 is 6.51. The highest BCUT2D eigenvalue weighted by Gasteiger charge is 2.22. The fourth-order valence-electron chi connectivity index (χ4n) is 2.45. The lowest BCUT2D eigenvalue weighted by Crippen LogP contribution is -2.35. The highest BCUT2D eigenvalue weighted by Crippen LogP contribution is 2.33. The number of amides is 2. The van der Waals surface area contributed by atoms with Crippen molar-refractivity contribution >= 4 is 23.3 Å². The molecule has 2 heterocycles. The van der Waals surface area contributed by atoms with E-state index in [1.54, 1.807) is 11.9 Å². The summed E-state index contributed by atoms with van der Waals surface area (Å²) < 4.78 is 5.72. The van der Waals surface area contributed by atoms with Crippen molar-refractivity contribution < 1.29 is 9.21 Å². The van der Waals surface area contributed by atoms with Crippen molar-refractivity contribution in [3.63, 3.8) is 0 Å². The van der Waals surface area contributed by atoms with Gasteiger partial charge in [0.15, 0.2) is 0 Å². The second-order valence-electron chi connectivity index (χ2n) is 5.22. The molecule has 1 aromatic heterocycles. The number of rotatable bonds is 3. The number of aryl methyl sites for hydroxylation is 1. The van der Waals surface area contributed by atoms with E-state index in [9.17, 15) is 4.79 Å². The minimum absolute atomic E-state index is 0.0868. The summed E-state index contributed by atoms with van der Waals surface area (Å²) in [5.41, 5.74) is 2.87. The number of alkyl halides is 1. The highest BCUT2D eigenvalue weighted by molar-refractivity contribution is 6.22. The predicted octanol–water partition coefficient (Wildman–Crippen LogP) is 4.15.